The van der Waals surface area contributed by atoms with Gasteiger partial charge in [0.1, 0.15) is 5.82 Å². The molecule has 7 nitrogen and oxygen atoms in total. The summed E-state index contributed by atoms with van der Waals surface area (Å²) < 4.78 is 25.7. The highest BCUT2D eigenvalue weighted by atomic mass is 32.2. The van der Waals surface area contributed by atoms with Crippen LogP contribution in [0.2, 0.25) is 0 Å². The van der Waals surface area contributed by atoms with E-state index >= 15 is 0 Å². The third kappa shape index (κ3) is 4.36. The maximum Gasteiger partial charge on any atom is 0.233 e. The highest BCUT2D eigenvalue weighted by molar-refractivity contribution is 7.99. The fourth-order valence-corrected chi connectivity index (χ4v) is 6.31. The molecule has 25 heavy (non-hydrogen) atoms. The molecule has 1 aliphatic carbocycles. The van der Waals surface area contributed by atoms with Crippen LogP contribution in [0.4, 0.5) is 0 Å². The Labute approximate surface area is 153 Å². The summed E-state index contributed by atoms with van der Waals surface area (Å²) in [5, 5.41) is 8.82. The minimum atomic E-state index is -3.01. The first-order chi connectivity index (χ1) is 11.9. The molecule has 1 saturated carbocycles. The van der Waals surface area contributed by atoms with E-state index in [1.807, 2.05) is 23.4 Å². The zero-order valence-electron chi connectivity index (χ0n) is 14.8. The second-order valence-electron chi connectivity index (χ2n) is 7.03. The van der Waals surface area contributed by atoms with E-state index in [9.17, 15) is 13.2 Å². The molecule has 2 fully saturated rings. The molecule has 9 heteroatoms. The molecule has 0 spiro atoms. The van der Waals surface area contributed by atoms with Crippen molar-refractivity contribution in [2.24, 2.45) is 7.05 Å². The number of sulfone groups is 1. The number of carbonyl (C=O) groups excluding carboxylic acids is 1. The van der Waals surface area contributed by atoms with E-state index in [4.69, 9.17) is 0 Å². The summed E-state index contributed by atoms with van der Waals surface area (Å²) in [4.78, 5) is 14.9. The molecule has 2 aliphatic rings. The van der Waals surface area contributed by atoms with E-state index < -0.39 is 9.84 Å². The van der Waals surface area contributed by atoms with Crippen LogP contribution in [0.5, 0.6) is 0 Å². The lowest BCUT2D eigenvalue weighted by atomic mass is 9.93. The molecule has 1 amide bonds. The Kier molecular flexibility index (Phi) is 5.72. The molecule has 1 aromatic heterocycles. The molecule has 1 aliphatic heterocycles. The number of thioether (sulfide) groups is 1. The van der Waals surface area contributed by atoms with Crippen LogP contribution in [0.1, 0.15) is 44.3 Å². The van der Waals surface area contributed by atoms with Crippen molar-refractivity contribution >= 4 is 27.5 Å². The van der Waals surface area contributed by atoms with Crippen molar-refractivity contribution in [3.8, 4) is 0 Å². The van der Waals surface area contributed by atoms with Gasteiger partial charge in [0.2, 0.25) is 5.91 Å². The molecule has 0 aromatic carbocycles. The quantitative estimate of drug-likeness (QED) is 0.714. The van der Waals surface area contributed by atoms with Crippen molar-refractivity contribution in [1.82, 2.24) is 19.7 Å². The minimum Gasteiger partial charge on any atom is -0.335 e. The van der Waals surface area contributed by atoms with E-state index in [0.717, 1.165) is 31.5 Å². The zero-order valence-corrected chi connectivity index (χ0v) is 16.5. The number of hydrogen-bond donors (Lipinski definition) is 0. The van der Waals surface area contributed by atoms with Crippen LogP contribution in [0.3, 0.4) is 0 Å². The van der Waals surface area contributed by atoms with E-state index in [1.54, 1.807) is 0 Å². The van der Waals surface area contributed by atoms with Gasteiger partial charge < -0.3 is 9.47 Å². The Balaban J connectivity index is 1.71. The molecule has 0 bridgehead atoms. The third-order valence-corrected chi connectivity index (χ3v) is 7.99. The van der Waals surface area contributed by atoms with Gasteiger partial charge in [-0.15, -0.1) is 10.2 Å². The number of aromatic nitrogens is 3. The second-order valence-corrected chi connectivity index (χ2v) is 10.2. The van der Waals surface area contributed by atoms with Gasteiger partial charge in [0.25, 0.3) is 0 Å². The standard InChI is InChI=1S/C16H26N4O3S2/c1-12-17-18-16(19(12)2)24-10-15(21)20(13-6-4-3-5-7-13)14-8-9-25(22,23)11-14/h13-14H,3-11H2,1-2H3/t14-/m0/s1. The Bertz CT molecular complexity index is 726. The first-order valence-corrected chi connectivity index (χ1v) is 11.7. The van der Waals surface area contributed by atoms with Gasteiger partial charge in [-0.05, 0) is 26.2 Å². The summed E-state index contributed by atoms with van der Waals surface area (Å²) >= 11 is 1.38. The molecule has 140 valence electrons. The van der Waals surface area contributed by atoms with Crippen molar-refractivity contribution < 1.29 is 13.2 Å². The number of aryl methyl sites for hydroxylation is 1. The average molecular weight is 387 g/mol. The van der Waals surface area contributed by atoms with Gasteiger partial charge in [-0.25, -0.2) is 8.42 Å². The largest absolute Gasteiger partial charge is 0.335 e. The van der Waals surface area contributed by atoms with Crippen molar-refractivity contribution in [3.63, 3.8) is 0 Å². The molecule has 2 heterocycles. The number of carbonyl (C=O) groups is 1. The van der Waals surface area contributed by atoms with E-state index in [2.05, 4.69) is 10.2 Å². The molecule has 0 N–H and O–H groups in total. The highest BCUT2D eigenvalue weighted by Crippen LogP contribution is 2.29. The molecule has 3 rings (SSSR count). The molecular weight excluding hydrogens is 360 g/mol. The maximum absolute atomic E-state index is 13.0. The van der Waals surface area contributed by atoms with Crippen LogP contribution < -0.4 is 0 Å². The van der Waals surface area contributed by atoms with Crippen molar-refractivity contribution in [1.29, 1.82) is 0 Å². The maximum atomic E-state index is 13.0. The van der Waals surface area contributed by atoms with Gasteiger partial charge in [0.15, 0.2) is 15.0 Å². The minimum absolute atomic E-state index is 0.0275. The Morgan fingerprint density at radius 1 is 1.20 bits per heavy atom. The summed E-state index contributed by atoms with van der Waals surface area (Å²) in [5.74, 6) is 1.42. The predicted molar refractivity (Wildman–Crippen MR) is 97.2 cm³/mol. The van der Waals surface area contributed by atoms with Crippen LogP contribution in [0.15, 0.2) is 5.16 Å². The molecular formula is C16H26N4O3S2. The third-order valence-electron chi connectivity index (χ3n) is 5.24. The lowest BCUT2D eigenvalue weighted by Gasteiger charge is -2.38. The summed E-state index contributed by atoms with van der Waals surface area (Å²) in [6.45, 7) is 1.87. The second kappa shape index (κ2) is 7.65. The molecule has 1 atom stereocenters. The van der Waals surface area contributed by atoms with E-state index in [0.29, 0.717) is 11.6 Å². The average Bonchev–Trinajstić information content (AvgIpc) is 3.10. The van der Waals surface area contributed by atoms with Gasteiger partial charge >= 0.3 is 0 Å². The van der Waals surface area contributed by atoms with Gasteiger partial charge in [-0.2, -0.15) is 0 Å². The first-order valence-electron chi connectivity index (χ1n) is 8.88. The number of nitrogens with zero attached hydrogens (tertiary/aromatic N) is 4. The summed E-state index contributed by atoms with van der Waals surface area (Å²) in [7, 11) is -1.13. The molecule has 1 aromatic rings. The van der Waals surface area contributed by atoms with Crippen molar-refractivity contribution in [2.45, 2.75) is 62.7 Å². The lowest BCUT2D eigenvalue weighted by Crippen LogP contribution is -2.49. The molecule has 0 radical (unpaired) electrons. The number of rotatable bonds is 5. The van der Waals surface area contributed by atoms with Gasteiger partial charge in [0, 0.05) is 19.1 Å². The fraction of sp³-hybridized carbons (Fsp3) is 0.812. The topological polar surface area (TPSA) is 85.2 Å². The highest BCUT2D eigenvalue weighted by Gasteiger charge is 2.38. The van der Waals surface area contributed by atoms with Crippen LogP contribution in [-0.4, -0.2) is 63.3 Å². The van der Waals surface area contributed by atoms with Crippen molar-refractivity contribution in [3.05, 3.63) is 5.82 Å². The normalized spacial score (nSPS) is 23.7. The number of hydrogen-bond acceptors (Lipinski definition) is 6. The fourth-order valence-electron chi connectivity index (χ4n) is 3.77. The van der Waals surface area contributed by atoms with Crippen LogP contribution in [-0.2, 0) is 21.7 Å². The van der Waals surface area contributed by atoms with E-state index in [-0.39, 0.29) is 35.2 Å². The van der Waals surface area contributed by atoms with Crippen LogP contribution in [0, 0.1) is 6.92 Å². The van der Waals surface area contributed by atoms with Gasteiger partial charge in [-0.3, -0.25) is 4.79 Å². The lowest BCUT2D eigenvalue weighted by molar-refractivity contribution is -0.133. The first kappa shape index (κ1) is 18.7. The SMILES string of the molecule is Cc1nnc(SCC(=O)N(C2CCCCC2)[C@H]2CCS(=O)(=O)C2)n1C. The summed E-state index contributed by atoms with van der Waals surface area (Å²) in [6.07, 6.45) is 5.96. The summed E-state index contributed by atoms with van der Waals surface area (Å²) in [5.41, 5.74) is 0. The predicted octanol–water partition coefficient (Wildman–Crippen LogP) is 1.56. The van der Waals surface area contributed by atoms with E-state index in [1.165, 1.54) is 18.2 Å². The monoisotopic (exact) mass is 386 g/mol. The van der Waals surface area contributed by atoms with Crippen LogP contribution in [0.25, 0.3) is 0 Å². The Hall–Kier alpha value is -1.09. The van der Waals surface area contributed by atoms with Gasteiger partial charge in [-0.1, -0.05) is 31.0 Å². The van der Waals surface area contributed by atoms with Gasteiger partial charge in [0.05, 0.1) is 17.3 Å². The molecule has 0 unspecified atom stereocenters. The summed E-state index contributed by atoms with van der Waals surface area (Å²) in [6, 6.07) is 0.0174. The molecule has 1 saturated heterocycles. The Morgan fingerprint density at radius 2 is 1.92 bits per heavy atom. The number of amides is 1. The Morgan fingerprint density at radius 3 is 2.48 bits per heavy atom. The van der Waals surface area contributed by atoms with Crippen molar-refractivity contribution in [2.75, 3.05) is 17.3 Å². The zero-order chi connectivity index (χ0) is 18.0. The smallest absolute Gasteiger partial charge is 0.233 e. The van der Waals surface area contributed by atoms with Crippen LogP contribution >= 0.6 is 11.8 Å².